The lowest BCUT2D eigenvalue weighted by atomic mass is 10.0. The maximum absolute atomic E-state index is 12.8. The van der Waals surface area contributed by atoms with Gasteiger partial charge in [0.15, 0.2) is 0 Å². The molecule has 0 aliphatic rings. The van der Waals surface area contributed by atoms with Crippen molar-refractivity contribution in [3.8, 4) is 0 Å². The number of carbonyl (C=O) groups is 2. The number of anilines is 1. The minimum atomic E-state index is -0.693. The van der Waals surface area contributed by atoms with Gasteiger partial charge in [0, 0.05) is 15.4 Å². The van der Waals surface area contributed by atoms with E-state index in [0.29, 0.717) is 11.3 Å². The molecule has 0 bridgehead atoms. The van der Waals surface area contributed by atoms with E-state index in [1.807, 2.05) is 91.0 Å². The number of benzene rings is 4. The number of hydrogen-bond acceptors (Lipinski definition) is 3. The number of amides is 2. The van der Waals surface area contributed by atoms with Gasteiger partial charge in [-0.05, 0) is 48.0 Å². The molecule has 4 aromatic rings. The SMILES string of the molecule is C[C@@H](NC(=O)c1cccc2ccccc12)C(=O)Nc1ccccc1Sc1ccccc1. The number of fused-ring (bicyclic) bond motifs is 1. The fraction of sp³-hybridized carbons (Fsp3) is 0.0769. The number of nitrogens with one attached hydrogen (secondary N) is 2. The molecule has 4 rings (SSSR count). The van der Waals surface area contributed by atoms with Crippen molar-refractivity contribution in [2.24, 2.45) is 0 Å². The van der Waals surface area contributed by atoms with Crippen molar-refractivity contribution in [2.75, 3.05) is 5.32 Å². The smallest absolute Gasteiger partial charge is 0.252 e. The van der Waals surface area contributed by atoms with Gasteiger partial charge in [-0.1, -0.05) is 78.5 Å². The molecule has 0 saturated carbocycles. The van der Waals surface area contributed by atoms with Gasteiger partial charge in [0.05, 0.1) is 5.69 Å². The Morgan fingerprint density at radius 1 is 0.774 bits per heavy atom. The summed E-state index contributed by atoms with van der Waals surface area (Å²) in [5.41, 5.74) is 1.27. The lowest BCUT2D eigenvalue weighted by Crippen LogP contribution is -2.41. The van der Waals surface area contributed by atoms with Crippen molar-refractivity contribution in [3.05, 3.63) is 103 Å². The molecular formula is C26H22N2O2S. The number of rotatable bonds is 6. The van der Waals surface area contributed by atoms with E-state index in [2.05, 4.69) is 10.6 Å². The van der Waals surface area contributed by atoms with E-state index >= 15 is 0 Å². The summed E-state index contributed by atoms with van der Waals surface area (Å²) in [4.78, 5) is 27.7. The second-order valence-electron chi connectivity index (χ2n) is 7.12. The molecule has 4 nitrogen and oxygen atoms in total. The molecule has 1 atom stereocenters. The molecule has 0 unspecified atom stereocenters. The first kappa shape index (κ1) is 20.7. The summed E-state index contributed by atoms with van der Waals surface area (Å²) in [5, 5.41) is 7.62. The molecule has 5 heteroatoms. The van der Waals surface area contributed by atoms with E-state index < -0.39 is 6.04 Å². The van der Waals surface area contributed by atoms with Crippen LogP contribution in [0.5, 0.6) is 0 Å². The summed E-state index contributed by atoms with van der Waals surface area (Å²) in [5.74, 6) is -0.541. The van der Waals surface area contributed by atoms with E-state index in [9.17, 15) is 9.59 Å². The highest BCUT2D eigenvalue weighted by atomic mass is 32.2. The molecule has 2 N–H and O–H groups in total. The van der Waals surface area contributed by atoms with Gasteiger partial charge in [0.25, 0.3) is 5.91 Å². The molecular weight excluding hydrogens is 404 g/mol. The number of carbonyl (C=O) groups excluding carboxylic acids is 2. The fourth-order valence-electron chi connectivity index (χ4n) is 3.28. The zero-order valence-electron chi connectivity index (χ0n) is 17.0. The summed E-state index contributed by atoms with van der Waals surface area (Å²) in [7, 11) is 0. The third kappa shape index (κ3) is 4.95. The zero-order chi connectivity index (χ0) is 21.6. The van der Waals surface area contributed by atoms with Crippen molar-refractivity contribution in [3.63, 3.8) is 0 Å². The molecule has 0 aliphatic heterocycles. The van der Waals surface area contributed by atoms with E-state index in [-0.39, 0.29) is 11.8 Å². The van der Waals surface area contributed by atoms with Crippen LogP contribution in [-0.4, -0.2) is 17.9 Å². The molecule has 0 radical (unpaired) electrons. The normalized spacial score (nSPS) is 11.6. The predicted octanol–water partition coefficient (Wildman–Crippen LogP) is 5.75. The van der Waals surface area contributed by atoms with Crippen LogP contribution in [-0.2, 0) is 4.79 Å². The average Bonchev–Trinajstić information content (AvgIpc) is 2.80. The van der Waals surface area contributed by atoms with Crippen LogP contribution in [0.3, 0.4) is 0 Å². The first-order valence-corrected chi connectivity index (χ1v) is 10.8. The van der Waals surface area contributed by atoms with Gasteiger partial charge in [-0.3, -0.25) is 9.59 Å². The summed E-state index contributed by atoms with van der Waals surface area (Å²) < 4.78 is 0. The monoisotopic (exact) mass is 426 g/mol. The lowest BCUT2D eigenvalue weighted by molar-refractivity contribution is -0.117. The van der Waals surface area contributed by atoms with Gasteiger partial charge in [-0.15, -0.1) is 0 Å². The van der Waals surface area contributed by atoms with Crippen molar-refractivity contribution < 1.29 is 9.59 Å². The van der Waals surface area contributed by atoms with Crippen LogP contribution in [0.15, 0.2) is 107 Å². The minimum absolute atomic E-state index is 0.269. The topological polar surface area (TPSA) is 58.2 Å². The standard InChI is InChI=1S/C26H22N2O2S/c1-18(27-26(30)22-15-9-11-19-10-5-6-14-21(19)22)25(29)28-23-16-7-8-17-24(23)31-20-12-3-2-4-13-20/h2-18H,1H3,(H,27,30)(H,28,29)/t18-/m1/s1. The highest BCUT2D eigenvalue weighted by Crippen LogP contribution is 2.33. The van der Waals surface area contributed by atoms with Crippen LogP contribution in [0.2, 0.25) is 0 Å². The molecule has 154 valence electrons. The van der Waals surface area contributed by atoms with Gasteiger partial charge >= 0.3 is 0 Å². The van der Waals surface area contributed by atoms with Crippen molar-refractivity contribution >= 4 is 40.0 Å². The van der Waals surface area contributed by atoms with Gasteiger partial charge in [0.1, 0.15) is 6.04 Å². The van der Waals surface area contributed by atoms with Gasteiger partial charge in [-0.2, -0.15) is 0 Å². The Bertz CT molecular complexity index is 1220. The van der Waals surface area contributed by atoms with E-state index in [0.717, 1.165) is 20.6 Å². The van der Waals surface area contributed by atoms with Gasteiger partial charge < -0.3 is 10.6 Å². The third-order valence-corrected chi connectivity index (χ3v) is 5.97. The van der Waals surface area contributed by atoms with Crippen molar-refractivity contribution in [1.82, 2.24) is 5.32 Å². The molecule has 31 heavy (non-hydrogen) atoms. The Hall–Kier alpha value is -3.57. The molecule has 0 fully saturated rings. The van der Waals surface area contributed by atoms with Crippen LogP contribution in [0.4, 0.5) is 5.69 Å². The molecule has 0 heterocycles. The summed E-state index contributed by atoms with van der Waals surface area (Å²) in [6, 6.07) is 30.2. The molecule has 0 spiro atoms. The van der Waals surface area contributed by atoms with Gasteiger partial charge in [0.2, 0.25) is 5.91 Å². The van der Waals surface area contributed by atoms with E-state index in [4.69, 9.17) is 0 Å². The number of para-hydroxylation sites is 1. The summed E-state index contributed by atoms with van der Waals surface area (Å²) in [6.07, 6.45) is 0. The Morgan fingerprint density at radius 2 is 1.45 bits per heavy atom. The maximum Gasteiger partial charge on any atom is 0.252 e. The lowest BCUT2D eigenvalue weighted by Gasteiger charge is -2.16. The maximum atomic E-state index is 12.8. The Kier molecular flexibility index (Phi) is 6.34. The van der Waals surface area contributed by atoms with Crippen molar-refractivity contribution in [2.45, 2.75) is 22.8 Å². The van der Waals surface area contributed by atoms with E-state index in [1.54, 1.807) is 24.8 Å². The van der Waals surface area contributed by atoms with Crippen molar-refractivity contribution in [1.29, 1.82) is 0 Å². The Labute approximate surface area is 185 Å². The van der Waals surface area contributed by atoms with Crippen LogP contribution in [0.1, 0.15) is 17.3 Å². The second kappa shape index (κ2) is 9.49. The number of hydrogen-bond donors (Lipinski definition) is 2. The van der Waals surface area contributed by atoms with Gasteiger partial charge in [-0.25, -0.2) is 0 Å². The Morgan fingerprint density at radius 3 is 2.29 bits per heavy atom. The minimum Gasteiger partial charge on any atom is -0.340 e. The molecule has 2 amide bonds. The second-order valence-corrected chi connectivity index (χ2v) is 8.24. The highest BCUT2D eigenvalue weighted by molar-refractivity contribution is 7.99. The summed E-state index contributed by atoms with van der Waals surface area (Å²) >= 11 is 1.58. The Balaban J connectivity index is 1.46. The van der Waals surface area contributed by atoms with Crippen LogP contribution in [0.25, 0.3) is 10.8 Å². The first-order chi connectivity index (χ1) is 15.1. The predicted molar refractivity (Wildman–Crippen MR) is 127 cm³/mol. The van der Waals surface area contributed by atoms with Crippen LogP contribution >= 0.6 is 11.8 Å². The summed E-state index contributed by atoms with van der Waals surface area (Å²) in [6.45, 7) is 1.69. The molecule has 0 aromatic heterocycles. The quantitative estimate of drug-likeness (QED) is 0.413. The molecule has 4 aromatic carbocycles. The zero-order valence-corrected chi connectivity index (χ0v) is 17.9. The van der Waals surface area contributed by atoms with Crippen LogP contribution < -0.4 is 10.6 Å². The first-order valence-electron chi connectivity index (χ1n) is 10.0. The van der Waals surface area contributed by atoms with E-state index in [1.165, 1.54) is 0 Å². The fourth-order valence-corrected chi connectivity index (χ4v) is 4.20. The largest absolute Gasteiger partial charge is 0.340 e. The third-order valence-electron chi connectivity index (χ3n) is 4.89. The van der Waals surface area contributed by atoms with Crippen LogP contribution in [0, 0.1) is 0 Å². The molecule has 0 saturated heterocycles. The highest BCUT2D eigenvalue weighted by Gasteiger charge is 2.19. The molecule has 0 aliphatic carbocycles. The average molecular weight is 427 g/mol.